The second kappa shape index (κ2) is 8.34. The van der Waals surface area contributed by atoms with Gasteiger partial charge in [-0.25, -0.2) is 4.98 Å². The van der Waals surface area contributed by atoms with E-state index in [1.807, 2.05) is 18.7 Å². The van der Waals surface area contributed by atoms with Crippen molar-refractivity contribution >= 4 is 0 Å². The van der Waals surface area contributed by atoms with E-state index in [2.05, 4.69) is 16.5 Å². The molecule has 0 saturated carbocycles. The Kier molecular flexibility index (Phi) is 6.90. The molecule has 0 amide bonds. The molecular weight excluding hydrogens is 200 g/mol. The molecule has 0 radical (unpaired) electrons. The lowest BCUT2D eigenvalue weighted by atomic mass is 9.96. The van der Waals surface area contributed by atoms with Crippen molar-refractivity contribution in [2.45, 2.75) is 52.0 Å². The Hall–Kier alpha value is -0.830. The first-order valence-electron chi connectivity index (χ1n) is 6.43. The van der Waals surface area contributed by atoms with E-state index in [1.165, 1.54) is 32.1 Å². The number of hydrogen-bond donors (Lipinski definition) is 1. The molecule has 1 rings (SSSR count). The Bertz CT molecular complexity index is 246. The van der Waals surface area contributed by atoms with Crippen molar-refractivity contribution in [2.24, 2.45) is 5.92 Å². The summed E-state index contributed by atoms with van der Waals surface area (Å²) in [5.74, 6) is 0.721. The SMILES string of the molecule is CC[C@H](CCO)CCCCCn1ccnc1. The average Bonchev–Trinajstić information content (AvgIpc) is 2.80. The third-order valence-electron chi connectivity index (χ3n) is 3.20. The summed E-state index contributed by atoms with van der Waals surface area (Å²) in [6.45, 7) is 3.64. The van der Waals surface area contributed by atoms with Crippen molar-refractivity contribution < 1.29 is 5.11 Å². The van der Waals surface area contributed by atoms with Crippen molar-refractivity contribution in [3.63, 3.8) is 0 Å². The highest BCUT2D eigenvalue weighted by molar-refractivity contribution is 4.73. The molecule has 0 aliphatic heterocycles. The molecule has 1 aromatic heterocycles. The zero-order valence-electron chi connectivity index (χ0n) is 10.3. The minimum atomic E-state index is 0.341. The van der Waals surface area contributed by atoms with Gasteiger partial charge in [-0.2, -0.15) is 0 Å². The number of nitrogens with zero attached hydrogens (tertiary/aromatic N) is 2. The molecule has 3 nitrogen and oxygen atoms in total. The average molecular weight is 224 g/mol. The van der Waals surface area contributed by atoms with Crippen LogP contribution in [0.3, 0.4) is 0 Å². The molecule has 0 fully saturated rings. The summed E-state index contributed by atoms with van der Waals surface area (Å²) in [6, 6.07) is 0. The van der Waals surface area contributed by atoms with Crippen LogP contribution in [0.1, 0.15) is 45.4 Å². The standard InChI is InChI=1S/C13H24N2O/c1-2-13(7-11-16)6-4-3-5-9-15-10-8-14-12-15/h8,10,12-13,16H,2-7,9,11H2,1H3/t13-/m0/s1. The van der Waals surface area contributed by atoms with Gasteiger partial charge in [0.1, 0.15) is 0 Å². The number of aliphatic hydroxyl groups is 1. The Morgan fingerprint density at radius 2 is 2.12 bits per heavy atom. The van der Waals surface area contributed by atoms with Gasteiger partial charge in [0.25, 0.3) is 0 Å². The fourth-order valence-electron chi connectivity index (χ4n) is 2.06. The Morgan fingerprint density at radius 1 is 1.25 bits per heavy atom. The van der Waals surface area contributed by atoms with Crippen LogP contribution in [0.25, 0.3) is 0 Å². The van der Waals surface area contributed by atoms with Crippen molar-refractivity contribution in [2.75, 3.05) is 6.61 Å². The monoisotopic (exact) mass is 224 g/mol. The van der Waals surface area contributed by atoms with Gasteiger partial charge in [0.05, 0.1) is 6.33 Å². The summed E-state index contributed by atoms with van der Waals surface area (Å²) >= 11 is 0. The molecule has 0 aliphatic carbocycles. The molecule has 0 aromatic carbocycles. The highest BCUT2D eigenvalue weighted by atomic mass is 16.3. The topological polar surface area (TPSA) is 38.0 Å². The van der Waals surface area contributed by atoms with Crippen molar-refractivity contribution in [3.8, 4) is 0 Å². The molecular formula is C13H24N2O. The molecule has 1 atom stereocenters. The summed E-state index contributed by atoms with van der Waals surface area (Å²) in [4.78, 5) is 4.02. The summed E-state index contributed by atoms with van der Waals surface area (Å²) in [5.41, 5.74) is 0. The minimum Gasteiger partial charge on any atom is -0.396 e. The van der Waals surface area contributed by atoms with Crippen LogP contribution in [0.2, 0.25) is 0 Å². The van der Waals surface area contributed by atoms with Gasteiger partial charge in [-0.3, -0.25) is 0 Å². The number of aromatic nitrogens is 2. The zero-order chi connectivity index (χ0) is 11.6. The lowest BCUT2D eigenvalue weighted by Gasteiger charge is -2.12. The van der Waals surface area contributed by atoms with Crippen LogP contribution in [0.4, 0.5) is 0 Å². The van der Waals surface area contributed by atoms with Gasteiger partial charge in [-0.15, -0.1) is 0 Å². The van der Waals surface area contributed by atoms with E-state index >= 15 is 0 Å². The quantitative estimate of drug-likeness (QED) is 0.655. The van der Waals surface area contributed by atoms with Crippen molar-refractivity contribution in [3.05, 3.63) is 18.7 Å². The summed E-state index contributed by atoms with van der Waals surface area (Å²) < 4.78 is 2.13. The van der Waals surface area contributed by atoms with E-state index in [1.54, 1.807) is 0 Å². The lowest BCUT2D eigenvalue weighted by Crippen LogP contribution is -2.02. The van der Waals surface area contributed by atoms with Crippen LogP contribution < -0.4 is 0 Å². The highest BCUT2D eigenvalue weighted by Gasteiger charge is 2.04. The molecule has 1 N–H and O–H groups in total. The Balaban J connectivity index is 1.98. The molecule has 0 bridgehead atoms. The fourth-order valence-corrected chi connectivity index (χ4v) is 2.06. The third-order valence-corrected chi connectivity index (χ3v) is 3.20. The zero-order valence-corrected chi connectivity index (χ0v) is 10.3. The predicted octanol–water partition coefficient (Wildman–Crippen LogP) is 2.85. The van der Waals surface area contributed by atoms with Crippen molar-refractivity contribution in [1.29, 1.82) is 0 Å². The van der Waals surface area contributed by atoms with Crippen LogP contribution >= 0.6 is 0 Å². The van der Waals surface area contributed by atoms with Crippen LogP contribution in [-0.2, 0) is 6.54 Å². The number of unbranched alkanes of at least 4 members (excludes halogenated alkanes) is 2. The summed E-state index contributed by atoms with van der Waals surface area (Å²) in [5, 5.41) is 8.89. The maximum Gasteiger partial charge on any atom is 0.0945 e. The third kappa shape index (κ3) is 5.31. The molecule has 0 aliphatic rings. The number of rotatable bonds is 9. The molecule has 0 unspecified atom stereocenters. The van der Waals surface area contributed by atoms with Gasteiger partial charge in [0.2, 0.25) is 0 Å². The maximum absolute atomic E-state index is 8.89. The normalized spacial score (nSPS) is 12.9. The molecule has 92 valence electrons. The van der Waals surface area contributed by atoms with Crippen LogP contribution in [0, 0.1) is 5.92 Å². The number of imidazole rings is 1. The van der Waals surface area contributed by atoms with Gasteiger partial charge < -0.3 is 9.67 Å². The minimum absolute atomic E-state index is 0.341. The summed E-state index contributed by atoms with van der Waals surface area (Å²) in [7, 11) is 0. The number of hydrogen-bond acceptors (Lipinski definition) is 2. The predicted molar refractivity (Wildman–Crippen MR) is 66.2 cm³/mol. The first-order chi connectivity index (χ1) is 7.86. The number of aryl methyl sites for hydroxylation is 1. The lowest BCUT2D eigenvalue weighted by molar-refractivity contribution is 0.246. The largest absolute Gasteiger partial charge is 0.396 e. The van der Waals surface area contributed by atoms with Gasteiger partial charge in [0.15, 0.2) is 0 Å². The van der Waals surface area contributed by atoms with E-state index in [0.29, 0.717) is 6.61 Å². The van der Waals surface area contributed by atoms with Gasteiger partial charge in [0, 0.05) is 25.5 Å². The molecule has 0 spiro atoms. The molecule has 1 aromatic rings. The van der Waals surface area contributed by atoms with E-state index in [9.17, 15) is 0 Å². The van der Waals surface area contributed by atoms with Crippen LogP contribution in [0.15, 0.2) is 18.7 Å². The van der Waals surface area contributed by atoms with Gasteiger partial charge in [-0.1, -0.05) is 32.6 Å². The number of aliphatic hydroxyl groups excluding tert-OH is 1. The highest BCUT2D eigenvalue weighted by Crippen LogP contribution is 2.16. The first kappa shape index (κ1) is 13.2. The van der Waals surface area contributed by atoms with Gasteiger partial charge >= 0.3 is 0 Å². The summed E-state index contributed by atoms with van der Waals surface area (Å²) in [6.07, 6.45) is 12.9. The van der Waals surface area contributed by atoms with Crippen LogP contribution in [0.5, 0.6) is 0 Å². The Morgan fingerprint density at radius 3 is 2.75 bits per heavy atom. The van der Waals surface area contributed by atoms with Crippen molar-refractivity contribution in [1.82, 2.24) is 9.55 Å². The molecule has 3 heteroatoms. The first-order valence-corrected chi connectivity index (χ1v) is 6.43. The maximum atomic E-state index is 8.89. The molecule has 16 heavy (non-hydrogen) atoms. The van der Waals surface area contributed by atoms with Gasteiger partial charge in [-0.05, 0) is 18.8 Å². The van der Waals surface area contributed by atoms with E-state index in [4.69, 9.17) is 5.11 Å². The fraction of sp³-hybridized carbons (Fsp3) is 0.769. The van der Waals surface area contributed by atoms with E-state index in [-0.39, 0.29) is 0 Å². The second-order valence-electron chi connectivity index (χ2n) is 4.44. The van der Waals surface area contributed by atoms with E-state index < -0.39 is 0 Å². The smallest absolute Gasteiger partial charge is 0.0945 e. The van der Waals surface area contributed by atoms with E-state index in [0.717, 1.165) is 18.9 Å². The molecule has 1 heterocycles. The Labute approximate surface area is 98.5 Å². The second-order valence-corrected chi connectivity index (χ2v) is 4.44. The molecule has 0 saturated heterocycles. The van der Waals surface area contributed by atoms with Crippen LogP contribution in [-0.4, -0.2) is 21.3 Å².